The highest BCUT2D eigenvalue weighted by Crippen LogP contribution is 2.19. The number of benzene rings is 2. The van der Waals surface area contributed by atoms with E-state index in [0.717, 1.165) is 12.8 Å². The van der Waals surface area contributed by atoms with Gasteiger partial charge in [0.05, 0.1) is 5.56 Å². The summed E-state index contributed by atoms with van der Waals surface area (Å²) in [6, 6.07) is 14.6. The molecule has 104 valence electrons. The fourth-order valence-corrected chi connectivity index (χ4v) is 2.46. The van der Waals surface area contributed by atoms with Crippen molar-refractivity contribution in [3.63, 3.8) is 0 Å². The van der Waals surface area contributed by atoms with Crippen LogP contribution in [0.15, 0.2) is 53.0 Å². The Morgan fingerprint density at radius 2 is 1.85 bits per heavy atom. The van der Waals surface area contributed by atoms with E-state index in [1.807, 2.05) is 18.2 Å². The van der Waals surface area contributed by atoms with Crippen molar-refractivity contribution >= 4 is 21.8 Å². The smallest absolute Gasteiger partial charge is 0.255 e. The van der Waals surface area contributed by atoms with E-state index in [2.05, 4.69) is 33.4 Å². The van der Waals surface area contributed by atoms with Crippen LogP contribution in [0.25, 0.3) is 0 Å². The van der Waals surface area contributed by atoms with Crippen LogP contribution in [0, 0.1) is 5.82 Å². The van der Waals surface area contributed by atoms with E-state index in [9.17, 15) is 9.18 Å². The lowest BCUT2D eigenvalue weighted by atomic mass is 10.1. The minimum Gasteiger partial charge on any atom is -0.352 e. The number of hydrogen-bond acceptors (Lipinski definition) is 1. The lowest BCUT2D eigenvalue weighted by Gasteiger charge is -2.08. The predicted molar refractivity (Wildman–Crippen MR) is 81.2 cm³/mol. The van der Waals surface area contributed by atoms with Gasteiger partial charge in [-0.25, -0.2) is 4.39 Å². The molecule has 0 aliphatic carbocycles. The Kier molecular flexibility index (Phi) is 5.30. The van der Waals surface area contributed by atoms with Crippen molar-refractivity contribution < 1.29 is 9.18 Å². The van der Waals surface area contributed by atoms with Crippen LogP contribution in [0.3, 0.4) is 0 Å². The zero-order valence-corrected chi connectivity index (χ0v) is 12.5. The second-order valence-corrected chi connectivity index (χ2v) is 5.30. The molecule has 4 heteroatoms. The lowest BCUT2D eigenvalue weighted by Crippen LogP contribution is -2.26. The zero-order valence-electron chi connectivity index (χ0n) is 10.9. The molecule has 2 rings (SSSR count). The average molecular weight is 336 g/mol. The quantitative estimate of drug-likeness (QED) is 0.823. The minimum atomic E-state index is -0.514. The maximum Gasteiger partial charge on any atom is 0.255 e. The molecule has 0 aliphatic heterocycles. The van der Waals surface area contributed by atoms with Crippen LogP contribution >= 0.6 is 15.9 Å². The van der Waals surface area contributed by atoms with Crippen molar-refractivity contribution in [1.82, 2.24) is 5.32 Å². The van der Waals surface area contributed by atoms with Gasteiger partial charge in [-0.3, -0.25) is 4.79 Å². The molecule has 2 nitrogen and oxygen atoms in total. The lowest BCUT2D eigenvalue weighted by molar-refractivity contribution is 0.0948. The SMILES string of the molecule is O=C(NCCCc1ccccc1)c1c(F)cccc1Br. The first kappa shape index (κ1) is 14.7. The highest BCUT2D eigenvalue weighted by Gasteiger charge is 2.14. The summed E-state index contributed by atoms with van der Waals surface area (Å²) in [6.45, 7) is 0.522. The van der Waals surface area contributed by atoms with Crippen molar-refractivity contribution in [1.29, 1.82) is 0 Å². The first-order chi connectivity index (χ1) is 9.68. The topological polar surface area (TPSA) is 29.1 Å². The Bertz CT molecular complexity index is 566. The second-order valence-electron chi connectivity index (χ2n) is 4.44. The van der Waals surface area contributed by atoms with Gasteiger partial charge in [0.15, 0.2) is 0 Å². The molecule has 1 amide bonds. The van der Waals surface area contributed by atoms with Crippen LogP contribution in [0.4, 0.5) is 4.39 Å². The van der Waals surface area contributed by atoms with Crippen LogP contribution in [0.5, 0.6) is 0 Å². The van der Waals surface area contributed by atoms with Gasteiger partial charge in [-0.1, -0.05) is 36.4 Å². The standard InChI is InChI=1S/C16H15BrFNO/c17-13-9-4-10-14(18)15(13)16(20)19-11-5-8-12-6-2-1-3-7-12/h1-4,6-7,9-10H,5,8,11H2,(H,19,20). The normalized spacial score (nSPS) is 10.3. The van der Waals surface area contributed by atoms with E-state index < -0.39 is 5.82 Å². The molecule has 2 aromatic rings. The maximum atomic E-state index is 13.6. The molecule has 0 fully saturated rings. The van der Waals surface area contributed by atoms with Gasteiger partial charge in [0, 0.05) is 11.0 Å². The molecule has 2 aromatic carbocycles. The Hall–Kier alpha value is -1.68. The number of halogens is 2. The predicted octanol–water partition coefficient (Wildman–Crippen LogP) is 3.95. The third kappa shape index (κ3) is 3.90. The molecular weight excluding hydrogens is 321 g/mol. The molecule has 0 saturated carbocycles. The Labute approximate surface area is 126 Å². The summed E-state index contributed by atoms with van der Waals surface area (Å²) < 4.78 is 14.1. The third-order valence-electron chi connectivity index (χ3n) is 2.96. The molecule has 1 N–H and O–H groups in total. The van der Waals surface area contributed by atoms with Crippen molar-refractivity contribution in [2.24, 2.45) is 0 Å². The summed E-state index contributed by atoms with van der Waals surface area (Å²) in [5.41, 5.74) is 1.29. The maximum absolute atomic E-state index is 13.6. The minimum absolute atomic E-state index is 0.0622. The first-order valence-corrected chi connectivity index (χ1v) is 7.24. The number of carbonyl (C=O) groups excluding carboxylic acids is 1. The summed E-state index contributed by atoms with van der Waals surface area (Å²) in [6.07, 6.45) is 1.71. The largest absolute Gasteiger partial charge is 0.352 e. The van der Waals surface area contributed by atoms with Gasteiger partial charge in [0.25, 0.3) is 5.91 Å². The van der Waals surface area contributed by atoms with Gasteiger partial charge < -0.3 is 5.32 Å². The molecular formula is C16H15BrFNO. The van der Waals surface area contributed by atoms with Crippen LogP contribution in [-0.4, -0.2) is 12.5 Å². The highest BCUT2D eigenvalue weighted by atomic mass is 79.9. The number of carbonyl (C=O) groups is 1. The monoisotopic (exact) mass is 335 g/mol. The Balaban J connectivity index is 1.84. The molecule has 0 radical (unpaired) electrons. The molecule has 0 spiro atoms. The second kappa shape index (κ2) is 7.20. The molecule has 0 atom stereocenters. The molecule has 0 heterocycles. The van der Waals surface area contributed by atoms with E-state index in [1.54, 1.807) is 12.1 Å². The summed E-state index contributed by atoms with van der Waals surface area (Å²) in [5, 5.41) is 2.74. The van der Waals surface area contributed by atoms with Crippen molar-refractivity contribution in [3.8, 4) is 0 Å². The number of rotatable bonds is 5. The highest BCUT2D eigenvalue weighted by molar-refractivity contribution is 9.10. The molecule has 0 bridgehead atoms. The number of nitrogens with one attached hydrogen (secondary N) is 1. The average Bonchev–Trinajstić information content (AvgIpc) is 2.44. The third-order valence-corrected chi connectivity index (χ3v) is 3.62. The number of amides is 1. The Morgan fingerprint density at radius 1 is 1.10 bits per heavy atom. The molecule has 0 aromatic heterocycles. The van der Waals surface area contributed by atoms with E-state index in [0.29, 0.717) is 11.0 Å². The van der Waals surface area contributed by atoms with Gasteiger partial charge in [0.2, 0.25) is 0 Å². The zero-order chi connectivity index (χ0) is 14.4. The van der Waals surface area contributed by atoms with Gasteiger partial charge in [-0.15, -0.1) is 0 Å². The molecule has 20 heavy (non-hydrogen) atoms. The van der Waals surface area contributed by atoms with Crippen LogP contribution in [0.1, 0.15) is 22.3 Å². The molecule has 0 saturated heterocycles. The van der Waals surface area contributed by atoms with Crippen LogP contribution in [0.2, 0.25) is 0 Å². The summed E-state index contributed by atoms with van der Waals surface area (Å²) in [5.74, 6) is -0.900. The van der Waals surface area contributed by atoms with Gasteiger partial charge >= 0.3 is 0 Å². The van der Waals surface area contributed by atoms with Crippen molar-refractivity contribution in [2.75, 3.05) is 6.54 Å². The van der Waals surface area contributed by atoms with Gasteiger partial charge in [0.1, 0.15) is 5.82 Å². The van der Waals surface area contributed by atoms with E-state index >= 15 is 0 Å². The summed E-state index contributed by atoms with van der Waals surface area (Å²) in [7, 11) is 0. The molecule has 0 unspecified atom stereocenters. The summed E-state index contributed by atoms with van der Waals surface area (Å²) in [4.78, 5) is 11.9. The van der Waals surface area contributed by atoms with Crippen LogP contribution in [-0.2, 0) is 6.42 Å². The van der Waals surface area contributed by atoms with E-state index in [1.165, 1.54) is 11.6 Å². The first-order valence-electron chi connectivity index (χ1n) is 6.44. The number of hydrogen-bond donors (Lipinski definition) is 1. The van der Waals surface area contributed by atoms with Crippen LogP contribution < -0.4 is 5.32 Å². The molecule has 0 aliphatic rings. The van der Waals surface area contributed by atoms with Crippen molar-refractivity contribution in [3.05, 3.63) is 69.9 Å². The van der Waals surface area contributed by atoms with Gasteiger partial charge in [-0.2, -0.15) is 0 Å². The number of aryl methyl sites for hydroxylation is 1. The fourth-order valence-electron chi connectivity index (χ4n) is 1.94. The van der Waals surface area contributed by atoms with Gasteiger partial charge in [-0.05, 0) is 46.5 Å². The fraction of sp³-hybridized carbons (Fsp3) is 0.188. The van der Waals surface area contributed by atoms with E-state index in [4.69, 9.17) is 0 Å². The Morgan fingerprint density at radius 3 is 2.55 bits per heavy atom. The van der Waals surface area contributed by atoms with Crippen molar-refractivity contribution in [2.45, 2.75) is 12.8 Å². The summed E-state index contributed by atoms with van der Waals surface area (Å²) >= 11 is 3.19. The van der Waals surface area contributed by atoms with E-state index in [-0.39, 0.29) is 11.5 Å².